The molecule has 10 nitrogen and oxygen atoms in total. The van der Waals surface area contributed by atoms with E-state index in [1.165, 1.54) is 11.2 Å². The monoisotopic (exact) mass is 413 g/mol. The van der Waals surface area contributed by atoms with Gasteiger partial charge in [-0.05, 0) is 21.0 Å². The van der Waals surface area contributed by atoms with Gasteiger partial charge in [-0.3, -0.25) is 15.1 Å². The predicted octanol–water partition coefficient (Wildman–Crippen LogP) is 0.444. The summed E-state index contributed by atoms with van der Waals surface area (Å²) in [5.41, 5.74) is 6.51. The highest BCUT2D eigenvalue weighted by Crippen LogP contribution is 2.25. The first-order valence-electron chi connectivity index (χ1n) is 9.08. The molecule has 4 atom stereocenters. The van der Waals surface area contributed by atoms with Gasteiger partial charge in [-0.1, -0.05) is 0 Å². The number of ether oxygens (including phenoxy) is 1. The van der Waals surface area contributed by atoms with Crippen LogP contribution in [0.5, 0.6) is 5.75 Å². The first kappa shape index (κ1) is 22.3. The molecule has 2 heterocycles. The van der Waals surface area contributed by atoms with Crippen LogP contribution in [-0.4, -0.2) is 78.7 Å². The van der Waals surface area contributed by atoms with Crippen molar-refractivity contribution in [3.63, 3.8) is 0 Å². The Hall–Kier alpha value is -2.01. The average Bonchev–Trinajstić information content (AvgIpc) is 2.64. The number of nitrogens with zero attached hydrogens (tertiary/aromatic N) is 4. The molecule has 0 spiro atoms. The topological polar surface area (TPSA) is 125 Å². The van der Waals surface area contributed by atoms with Crippen LogP contribution in [0.3, 0.4) is 0 Å². The second-order valence-corrected chi connectivity index (χ2v) is 7.67. The van der Waals surface area contributed by atoms with Crippen molar-refractivity contribution in [2.24, 2.45) is 16.9 Å². The Labute approximate surface area is 169 Å². The fourth-order valence-corrected chi connectivity index (χ4v) is 3.19. The van der Waals surface area contributed by atoms with Gasteiger partial charge in [0.2, 0.25) is 5.91 Å². The summed E-state index contributed by atoms with van der Waals surface area (Å²) >= 11 is 6.08. The van der Waals surface area contributed by atoms with Gasteiger partial charge in [0, 0.05) is 31.4 Å². The normalized spacial score (nSPS) is 21.9. The Morgan fingerprint density at radius 3 is 3.00 bits per heavy atom. The van der Waals surface area contributed by atoms with Gasteiger partial charge in [-0.2, -0.15) is 0 Å². The van der Waals surface area contributed by atoms with Gasteiger partial charge in [0.15, 0.2) is 0 Å². The SMILES string of the molecule is CC(N)C(C(=O)Nc1cnccc1OCCN(C)C)C1NCC(Cl)CN1N=O. The molecule has 0 radical (unpaired) electrons. The van der Waals surface area contributed by atoms with Crippen molar-refractivity contribution < 1.29 is 9.53 Å². The van der Waals surface area contributed by atoms with E-state index in [0.717, 1.165) is 6.54 Å². The van der Waals surface area contributed by atoms with Crippen LogP contribution in [0.15, 0.2) is 23.7 Å². The number of hydrogen-bond acceptors (Lipinski definition) is 8. The predicted molar refractivity (Wildman–Crippen MR) is 108 cm³/mol. The van der Waals surface area contributed by atoms with Crippen molar-refractivity contribution >= 4 is 23.2 Å². The molecule has 1 amide bonds. The lowest BCUT2D eigenvalue weighted by Gasteiger charge is -2.39. The van der Waals surface area contributed by atoms with Crippen LogP contribution in [0.25, 0.3) is 0 Å². The fourth-order valence-electron chi connectivity index (χ4n) is 2.96. The summed E-state index contributed by atoms with van der Waals surface area (Å²) in [4.78, 5) is 30.3. The van der Waals surface area contributed by atoms with Gasteiger partial charge < -0.3 is 20.7 Å². The number of carbonyl (C=O) groups excluding carboxylic acids is 1. The maximum Gasteiger partial charge on any atom is 0.232 e. The molecule has 0 aromatic carbocycles. The molecular weight excluding hydrogens is 386 g/mol. The van der Waals surface area contributed by atoms with Crippen molar-refractivity contribution in [3.05, 3.63) is 23.4 Å². The van der Waals surface area contributed by atoms with Gasteiger partial charge in [-0.25, -0.2) is 5.01 Å². The summed E-state index contributed by atoms with van der Waals surface area (Å²) in [6, 6.07) is 1.14. The highest BCUT2D eigenvalue weighted by Gasteiger charge is 2.39. The first-order valence-corrected chi connectivity index (χ1v) is 9.52. The molecule has 0 saturated carbocycles. The minimum absolute atomic E-state index is 0.241. The molecule has 0 aliphatic carbocycles. The maximum absolute atomic E-state index is 13.0. The summed E-state index contributed by atoms with van der Waals surface area (Å²) < 4.78 is 5.75. The van der Waals surface area contributed by atoms with E-state index in [9.17, 15) is 9.70 Å². The number of pyridine rings is 1. The van der Waals surface area contributed by atoms with E-state index in [2.05, 4.69) is 20.9 Å². The summed E-state index contributed by atoms with van der Waals surface area (Å²) in [5, 5.41) is 9.86. The van der Waals surface area contributed by atoms with Crippen LogP contribution in [0, 0.1) is 10.8 Å². The van der Waals surface area contributed by atoms with Gasteiger partial charge in [0.05, 0.1) is 29.3 Å². The minimum atomic E-state index is -0.739. The van der Waals surface area contributed by atoms with Crippen molar-refractivity contribution in [1.29, 1.82) is 0 Å². The van der Waals surface area contributed by atoms with Gasteiger partial charge >= 0.3 is 0 Å². The number of alkyl halides is 1. The second-order valence-electron chi connectivity index (χ2n) is 7.05. The zero-order valence-corrected chi connectivity index (χ0v) is 17.1. The standard InChI is InChI=1S/C17H28ClN7O3/c1-11(19)15(16-21-8-12(18)10-25(16)23-27)17(26)22-13-9-20-5-4-14(13)28-7-6-24(2)3/h4-5,9,11-12,15-16,21H,6-8,10,19H2,1-3H3,(H,22,26). The second kappa shape index (κ2) is 10.5. The lowest BCUT2D eigenvalue weighted by atomic mass is 9.95. The third-order valence-corrected chi connectivity index (χ3v) is 4.70. The van der Waals surface area contributed by atoms with Crippen molar-refractivity contribution in [1.82, 2.24) is 20.2 Å². The third kappa shape index (κ3) is 5.99. The number of rotatable bonds is 9. The van der Waals surface area contributed by atoms with E-state index in [0.29, 0.717) is 24.6 Å². The Morgan fingerprint density at radius 1 is 1.61 bits per heavy atom. The molecule has 11 heteroatoms. The molecule has 2 rings (SSSR count). The van der Waals surface area contributed by atoms with Crippen LogP contribution >= 0.6 is 11.6 Å². The van der Waals surface area contributed by atoms with Crippen LogP contribution < -0.4 is 21.1 Å². The molecule has 0 bridgehead atoms. The van der Waals surface area contributed by atoms with E-state index in [-0.39, 0.29) is 17.8 Å². The lowest BCUT2D eigenvalue weighted by Crippen LogP contribution is -2.62. The summed E-state index contributed by atoms with van der Waals surface area (Å²) in [6.45, 7) is 3.58. The number of aromatic nitrogens is 1. The molecule has 1 fully saturated rings. The fraction of sp³-hybridized carbons (Fsp3) is 0.647. The molecule has 4 N–H and O–H groups in total. The van der Waals surface area contributed by atoms with Gasteiger partial charge in [-0.15, -0.1) is 16.5 Å². The molecule has 1 aliphatic heterocycles. The van der Waals surface area contributed by atoms with Crippen LogP contribution in [0.2, 0.25) is 0 Å². The molecule has 1 aliphatic rings. The van der Waals surface area contributed by atoms with Gasteiger partial charge in [0.1, 0.15) is 24.2 Å². The van der Waals surface area contributed by atoms with E-state index >= 15 is 0 Å². The molecule has 156 valence electrons. The van der Waals surface area contributed by atoms with E-state index in [1.807, 2.05) is 19.0 Å². The van der Waals surface area contributed by atoms with Crippen molar-refractivity contribution in [3.8, 4) is 5.75 Å². The third-order valence-electron chi connectivity index (χ3n) is 4.40. The van der Waals surface area contributed by atoms with E-state index in [1.54, 1.807) is 19.2 Å². The number of nitrogens with two attached hydrogens (primary N) is 1. The Morgan fingerprint density at radius 2 is 2.36 bits per heavy atom. The molecule has 1 aromatic heterocycles. The van der Waals surface area contributed by atoms with E-state index < -0.39 is 18.1 Å². The largest absolute Gasteiger partial charge is 0.490 e. The molecule has 1 saturated heterocycles. The quantitative estimate of drug-likeness (QED) is 0.393. The lowest BCUT2D eigenvalue weighted by molar-refractivity contribution is -0.123. The van der Waals surface area contributed by atoms with Crippen LogP contribution in [-0.2, 0) is 4.79 Å². The number of halogens is 1. The number of hydrogen-bond donors (Lipinski definition) is 3. The number of nitrogens with one attached hydrogen (secondary N) is 2. The highest BCUT2D eigenvalue weighted by molar-refractivity contribution is 6.21. The molecule has 4 unspecified atom stereocenters. The first-order chi connectivity index (χ1) is 13.3. The Kier molecular flexibility index (Phi) is 8.36. The van der Waals surface area contributed by atoms with Crippen molar-refractivity contribution in [2.75, 3.05) is 45.7 Å². The number of likely N-dealkylation sites (N-methyl/N-ethyl adjacent to an activating group) is 1. The zero-order chi connectivity index (χ0) is 20.7. The zero-order valence-electron chi connectivity index (χ0n) is 16.3. The minimum Gasteiger partial charge on any atom is -0.490 e. The van der Waals surface area contributed by atoms with Crippen LogP contribution in [0.4, 0.5) is 5.69 Å². The van der Waals surface area contributed by atoms with Crippen molar-refractivity contribution in [2.45, 2.75) is 24.5 Å². The number of nitroso groups, excluding NO2 is 1. The Balaban J connectivity index is 2.13. The number of amides is 1. The summed E-state index contributed by atoms with van der Waals surface area (Å²) in [7, 11) is 3.89. The van der Waals surface area contributed by atoms with E-state index in [4.69, 9.17) is 22.1 Å². The average molecular weight is 414 g/mol. The summed E-state index contributed by atoms with van der Waals surface area (Å²) in [5.74, 6) is -0.590. The number of carbonyl (C=O) groups is 1. The van der Waals surface area contributed by atoms with Gasteiger partial charge in [0.25, 0.3) is 0 Å². The van der Waals surface area contributed by atoms with Crippen LogP contribution in [0.1, 0.15) is 6.92 Å². The molecule has 1 aromatic rings. The number of anilines is 1. The molecular formula is C17H28ClN7O3. The smallest absolute Gasteiger partial charge is 0.232 e. The highest BCUT2D eigenvalue weighted by atomic mass is 35.5. The maximum atomic E-state index is 13.0. The summed E-state index contributed by atoms with van der Waals surface area (Å²) in [6.07, 6.45) is 2.45. The Bertz CT molecular complexity index is 661. The molecule has 28 heavy (non-hydrogen) atoms.